The van der Waals surface area contributed by atoms with Gasteiger partial charge in [0, 0.05) is 38.4 Å². The van der Waals surface area contributed by atoms with E-state index in [-0.39, 0.29) is 11.5 Å². The van der Waals surface area contributed by atoms with E-state index in [0.717, 1.165) is 48.6 Å². The van der Waals surface area contributed by atoms with Crippen LogP contribution in [0.3, 0.4) is 0 Å². The molecule has 2 heterocycles. The Morgan fingerprint density at radius 3 is 2.46 bits per heavy atom. The van der Waals surface area contributed by atoms with Gasteiger partial charge in [0.2, 0.25) is 5.78 Å². The second-order valence-corrected chi connectivity index (χ2v) is 9.21. The largest absolute Gasteiger partial charge is 0.507 e. The highest BCUT2D eigenvalue weighted by Crippen LogP contribution is 2.42. The van der Waals surface area contributed by atoms with Gasteiger partial charge in [0.1, 0.15) is 17.2 Å². The van der Waals surface area contributed by atoms with Gasteiger partial charge in [-0.05, 0) is 61.4 Å². The molecule has 1 saturated heterocycles. The minimum atomic E-state index is -0.135. The van der Waals surface area contributed by atoms with Crippen LogP contribution in [0.4, 0.5) is 5.69 Å². The van der Waals surface area contributed by atoms with Gasteiger partial charge in [-0.1, -0.05) is 29.8 Å². The molecule has 1 N–H and O–H groups in total. The topological polar surface area (TPSA) is 62.2 Å². The normalized spacial score (nSPS) is 16.9. The van der Waals surface area contributed by atoms with E-state index in [1.54, 1.807) is 19.3 Å². The predicted octanol–water partition coefficient (Wildman–Crippen LogP) is 4.96. The van der Waals surface area contributed by atoms with Crippen LogP contribution in [0.5, 0.6) is 17.2 Å². The third kappa shape index (κ3) is 4.62. The minimum absolute atomic E-state index is 0.135. The molecule has 0 aromatic heterocycles. The summed E-state index contributed by atoms with van der Waals surface area (Å²) in [5, 5.41) is 10.8. The number of phenols is 1. The molecule has 0 spiro atoms. The van der Waals surface area contributed by atoms with Crippen molar-refractivity contribution in [3.05, 3.63) is 88.2 Å². The van der Waals surface area contributed by atoms with E-state index in [4.69, 9.17) is 9.47 Å². The number of hydrogen-bond donors (Lipinski definition) is 1. The smallest absolute Gasteiger partial charge is 0.232 e. The van der Waals surface area contributed by atoms with Crippen LogP contribution in [0.1, 0.15) is 32.6 Å². The Kier molecular flexibility index (Phi) is 6.22. The van der Waals surface area contributed by atoms with Crippen LogP contribution in [0.15, 0.2) is 60.4 Å². The van der Waals surface area contributed by atoms with E-state index in [2.05, 4.69) is 21.9 Å². The number of ether oxygens (including phenoxy) is 2. The maximum atomic E-state index is 13.2. The molecule has 1 fully saturated rings. The summed E-state index contributed by atoms with van der Waals surface area (Å²) >= 11 is 0. The van der Waals surface area contributed by atoms with Crippen LogP contribution in [0.25, 0.3) is 6.08 Å². The van der Waals surface area contributed by atoms with Gasteiger partial charge < -0.3 is 19.5 Å². The number of rotatable bonds is 5. The molecule has 6 heteroatoms. The second-order valence-electron chi connectivity index (χ2n) is 9.21. The van der Waals surface area contributed by atoms with E-state index in [0.29, 0.717) is 29.2 Å². The number of phenolic OH excluding ortho intramolecular Hbond substituents is 1. The fourth-order valence-corrected chi connectivity index (χ4v) is 4.82. The van der Waals surface area contributed by atoms with Crippen molar-refractivity contribution in [2.24, 2.45) is 0 Å². The lowest BCUT2D eigenvalue weighted by Crippen LogP contribution is -2.46. The molecule has 35 heavy (non-hydrogen) atoms. The lowest BCUT2D eigenvalue weighted by molar-refractivity contribution is 0.101. The first kappa shape index (κ1) is 23.0. The number of benzene rings is 3. The first-order valence-electron chi connectivity index (χ1n) is 11.9. The molecule has 2 aliphatic heterocycles. The Morgan fingerprint density at radius 1 is 1.03 bits per heavy atom. The van der Waals surface area contributed by atoms with Gasteiger partial charge in [0.15, 0.2) is 5.76 Å². The number of piperazine rings is 1. The first-order chi connectivity index (χ1) is 16.9. The van der Waals surface area contributed by atoms with Gasteiger partial charge in [-0.3, -0.25) is 9.69 Å². The van der Waals surface area contributed by atoms with Gasteiger partial charge >= 0.3 is 0 Å². The summed E-state index contributed by atoms with van der Waals surface area (Å²) in [4.78, 5) is 17.8. The zero-order chi connectivity index (χ0) is 24.5. The molecule has 2 aliphatic rings. The van der Waals surface area contributed by atoms with Crippen molar-refractivity contribution < 1.29 is 19.4 Å². The van der Waals surface area contributed by atoms with Crippen LogP contribution in [-0.2, 0) is 6.54 Å². The van der Waals surface area contributed by atoms with E-state index < -0.39 is 0 Å². The number of aryl methyl sites for hydroxylation is 2. The summed E-state index contributed by atoms with van der Waals surface area (Å²) in [6, 6.07) is 17.7. The summed E-state index contributed by atoms with van der Waals surface area (Å²) in [7, 11) is 1.67. The summed E-state index contributed by atoms with van der Waals surface area (Å²) in [5.74, 6) is 1.67. The van der Waals surface area contributed by atoms with Gasteiger partial charge in [-0.2, -0.15) is 0 Å². The molecule has 0 atom stereocenters. The molecule has 0 unspecified atom stereocenters. The van der Waals surface area contributed by atoms with Gasteiger partial charge in [-0.15, -0.1) is 0 Å². The number of anilines is 1. The number of methoxy groups -OCH3 is 1. The van der Waals surface area contributed by atoms with E-state index in [9.17, 15) is 9.90 Å². The number of hydrogen-bond acceptors (Lipinski definition) is 6. The molecule has 0 amide bonds. The quantitative estimate of drug-likeness (QED) is 0.532. The summed E-state index contributed by atoms with van der Waals surface area (Å²) in [6.45, 7) is 7.81. The second kappa shape index (κ2) is 9.47. The van der Waals surface area contributed by atoms with E-state index in [1.807, 2.05) is 50.2 Å². The molecule has 0 saturated carbocycles. The number of aromatic hydroxyl groups is 1. The van der Waals surface area contributed by atoms with E-state index >= 15 is 0 Å². The molecule has 3 aromatic rings. The zero-order valence-electron chi connectivity index (χ0n) is 20.4. The number of carbonyl (C=O) groups excluding carboxylic acids is 1. The highest BCUT2D eigenvalue weighted by Gasteiger charge is 2.34. The van der Waals surface area contributed by atoms with Crippen molar-refractivity contribution in [2.75, 3.05) is 38.2 Å². The SMILES string of the molecule is COc1ccc(N2CCN(Cc3c(O)cc(C)c4c3O/C(=C\c3cccc(C)c3)C4=O)CC2)cc1. The molecule has 5 rings (SSSR count). The predicted molar refractivity (Wildman–Crippen MR) is 137 cm³/mol. The highest BCUT2D eigenvalue weighted by atomic mass is 16.5. The van der Waals surface area contributed by atoms with Crippen molar-refractivity contribution in [3.63, 3.8) is 0 Å². The van der Waals surface area contributed by atoms with Crippen LogP contribution < -0.4 is 14.4 Å². The number of ketones is 1. The van der Waals surface area contributed by atoms with Crippen molar-refractivity contribution in [2.45, 2.75) is 20.4 Å². The molecular formula is C29H30N2O4. The number of Topliss-reactive ketones (excluding diaryl/α,β-unsaturated/α-hetero) is 1. The summed E-state index contributed by atoms with van der Waals surface area (Å²) in [6.07, 6.45) is 1.78. The highest BCUT2D eigenvalue weighted by molar-refractivity contribution is 6.15. The Balaban J connectivity index is 1.34. The standard InChI is InChI=1S/C29H30N2O4/c1-19-5-4-6-21(15-19)17-26-28(33)27-20(2)16-25(32)24(29(27)35-26)18-30-11-13-31(14-12-30)22-7-9-23(34-3)10-8-22/h4-10,15-17,32H,11-14,18H2,1-3H3/b26-17-. The Bertz CT molecular complexity index is 1290. The molecule has 0 bridgehead atoms. The fourth-order valence-electron chi connectivity index (χ4n) is 4.82. The first-order valence-corrected chi connectivity index (χ1v) is 11.9. The van der Waals surface area contributed by atoms with Crippen LogP contribution in [0.2, 0.25) is 0 Å². The van der Waals surface area contributed by atoms with Gasteiger partial charge in [0.05, 0.1) is 18.2 Å². The number of carbonyl (C=O) groups is 1. The molecule has 6 nitrogen and oxygen atoms in total. The van der Waals surface area contributed by atoms with Crippen molar-refractivity contribution in [1.29, 1.82) is 0 Å². The van der Waals surface area contributed by atoms with Crippen LogP contribution >= 0.6 is 0 Å². The Labute approximate surface area is 206 Å². The van der Waals surface area contributed by atoms with Crippen LogP contribution in [0, 0.1) is 13.8 Å². The number of allylic oxidation sites excluding steroid dienone is 1. The minimum Gasteiger partial charge on any atom is -0.507 e. The maximum Gasteiger partial charge on any atom is 0.232 e. The number of fused-ring (bicyclic) bond motifs is 1. The van der Waals surface area contributed by atoms with Gasteiger partial charge in [0.25, 0.3) is 0 Å². The summed E-state index contributed by atoms with van der Waals surface area (Å²) in [5.41, 5.74) is 5.15. The molecule has 0 aliphatic carbocycles. The van der Waals surface area contributed by atoms with Crippen molar-refractivity contribution in [3.8, 4) is 17.2 Å². The van der Waals surface area contributed by atoms with Gasteiger partial charge in [-0.25, -0.2) is 0 Å². The Hall–Kier alpha value is -3.77. The maximum absolute atomic E-state index is 13.2. The zero-order valence-corrected chi connectivity index (χ0v) is 20.4. The van der Waals surface area contributed by atoms with E-state index in [1.165, 1.54) is 5.69 Å². The average molecular weight is 471 g/mol. The Morgan fingerprint density at radius 2 is 1.77 bits per heavy atom. The molecular weight excluding hydrogens is 440 g/mol. The lowest BCUT2D eigenvalue weighted by atomic mass is 9.99. The fraction of sp³-hybridized carbons (Fsp3) is 0.276. The summed E-state index contributed by atoms with van der Waals surface area (Å²) < 4.78 is 11.4. The molecule has 0 radical (unpaired) electrons. The third-order valence-electron chi connectivity index (χ3n) is 6.75. The molecule has 180 valence electrons. The molecule has 3 aromatic carbocycles. The van der Waals surface area contributed by atoms with Crippen molar-refractivity contribution >= 4 is 17.5 Å². The average Bonchev–Trinajstić information content (AvgIpc) is 3.18. The van der Waals surface area contributed by atoms with Crippen molar-refractivity contribution in [1.82, 2.24) is 4.90 Å². The lowest BCUT2D eigenvalue weighted by Gasteiger charge is -2.36. The third-order valence-corrected chi connectivity index (χ3v) is 6.75. The monoisotopic (exact) mass is 470 g/mol. The number of nitrogens with zero attached hydrogens (tertiary/aromatic N) is 2. The van der Waals surface area contributed by atoms with Crippen LogP contribution in [-0.4, -0.2) is 49.1 Å².